The van der Waals surface area contributed by atoms with Gasteiger partial charge in [-0.1, -0.05) is 74.5 Å². The first-order valence-corrected chi connectivity index (χ1v) is 18.5. The lowest BCUT2D eigenvalue weighted by Crippen LogP contribution is -2.53. The largest absolute Gasteiger partial charge is 0.453 e. The van der Waals surface area contributed by atoms with E-state index in [1.54, 1.807) is 0 Å². The number of rotatable bonds is 19. The van der Waals surface area contributed by atoms with Crippen molar-refractivity contribution < 1.29 is 32.8 Å². The molecule has 4 rings (SSSR count). The third-order valence-electron chi connectivity index (χ3n) is 9.16. The van der Waals surface area contributed by atoms with Gasteiger partial charge in [0.05, 0.1) is 23.5 Å². The fourth-order valence-electron chi connectivity index (χ4n) is 6.24. The molecule has 3 atom stereocenters. The Hall–Kier alpha value is -4.33. The first-order chi connectivity index (χ1) is 24.0. The zero-order chi connectivity index (χ0) is 36.3. The molecule has 1 aliphatic rings. The Morgan fingerprint density at radius 3 is 1.98 bits per heavy atom. The number of benzene rings is 3. The third kappa shape index (κ3) is 10.3. The van der Waals surface area contributed by atoms with Crippen LogP contribution in [0.3, 0.4) is 0 Å². The van der Waals surface area contributed by atoms with Crippen molar-refractivity contribution in [2.45, 2.75) is 81.3 Å². The number of amides is 2. The smallest absolute Gasteiger partial charge is 0.407 e. The Balaban J connectivity index is 1.53. The van der Waals surface area contributed by atoms with E-state index in [0.717, 1.165) is 36.1 Å². The van der Waals surface area contributed by atoms with Crippen LogP contribution >= 0.6 is 0 Å². The van der Waals surface area contributed by atoms with E-state index in [1.807, 2.05) is 74.5 Å². The molecular weight excluding hydrogens is 660 g/mol. The van der Waals surface area contributed by atoms with E-state index < -0.39 is 45.6 Å². The first kappa shape index (κ1) is 38.5. The van der Waals surface area contributed by atoms with Crippen LogP contribution in [-0.4, -0.2) is 73.1 Å². The summed E-state index contributed by atoms with van der Waals surface area (Å²) >= 11 is 0. The molecule has 0 aliphatic heterocycles. The average Bonchev–Trinajstić information content (AvgIpc) is 3.96. The SMILES string of the molecule is COC(=O)N[C@H](C(=O)NC(CCC[C@@H](CO)N(CCC(C)C)S(=O)(=O)c1ccc([N+](=O)[O-])cc1)C1CC1)C(c1ccccc1)c1ccccc1. The Labute approximate surface area is 294 Å². The van der Waals surface area contributed by atoms with Crippen LogP contribution in [-0.2, 0) is 19.6 Å². The number of aliphatic hydroxyl groups is 1. The number of carbonyl (C=O) groups excluding carboxylic acids is 2. The minimum Gasteiger partial charge on any atom is -0.453 e. The summed E-state index contributed by atoms with van der Waals surface area (Å²) in [5.41, 5.74) is 1.48. The Kier molecular flexibility index (Phi) is 13.9. The molecule has 0 spiro atoms. The van der Waals surface area contributed by atoms with Crippen molar-refractivity contribution in [3.8, 4) is 0 Å². The molecule has 0 aromatic heterocycles. The number of aliphatic hydroxyl groups excluding tert-OH is 1. The Morgan fingerprint density at radius 1 is 0.920 bits per heavy atom. The van der Waals surface area contributed by atoms with E-state index >= 15 is 0 Å². The maximum absolute atomic E-state index is 14.1. The fraction of sp³-hybridized carbons (Fsp3) is 0.459. The van der Waals surface area contributed by atoms with Crippen molar-refractivity contribution in [3.63, 3.8) is 0 Å². The monoisotopic (exact) mass is 708 g/mol. The number of carbonyl (C=O) groups is 2. The zero-order valence-electron chi connectivity index (χ0n) is 28.8. The summed E-state index contributed by atoms with van der Waals surface area (Å²) in [7, 11) is -2.83. The maximum Gasteiger partial charge on any atom is 0.407 e. The van der Waals surface area contributed by atoms with Gasteiger partial charge in [-0.15, -0.1) is 0 Å². The summed E-state index contributed by atoms with van der Waals surface area (Å²) in [6, 6.07) is 21.8. The average molecular weight is 709 g/mol. The Bertz CT molecular complexity index is 1610. The second kappa shape index (κ2) is 18.1. The summed E-state index contributed by atoms with van der Waals surface area (Å²) in [6.45, 7) is 3.73. The minimum absolute atomic E-state index is 0.0797. The van der Waals surface area contributed by atoms with Gasteiger partial charge < -0.3 is 20.5 Å². The highest BCUT2D eigenvalue weighted by Crippen LogP contribution is 2.36. The summed E-state index contributed by atoms with van der Waals surface area (Å²) in [6.07, 6.45) is 3.07. The minimum atomic E-state index is -4.08. The van der Waals surface area contributed by atoms with E-state index in [2.05, 4.69) is 10.6 Å². The quantitative estimate of drug-likeness (QED) is 0.107. The number of nitrogens with zero attached hydrogens (tertiary/aromatic N) is 2. The summed E-state index contributed by atoms with van der Waals surface area (Å²) in [5, 5.41) is 27.6. The topological polar surface area (TPSA) is 168 Å². The lowest BCUT2D eigenvalue weighted by atomic mass is 9.84. The number of sulfonamides is 1. The van der Waals surface area contributed by atoms with Crippen molar-refractivity contribution in [2.75, 3.05) is 20.3 Å². The van der Waals surface area contributed by atoms with Crippen LogP contribution in [0.25, 0.3) is 0 Å². The lowest BCUT2D eigenvalue weighted by molar-refractivity contribution is -0.384. The number of hydrogen-bond acceptors (Lipinski definition) is 8. The number of nitro benzene ring substituents is 1. The van der Waals surface area contributed by atoms with Gasteiger partial charge in [0, 0.05) is 36.7 Å². The number of nitro groups is 1. The van der Waals surface area contributed by atoms with Gasteiger partial charge in [0.15, 0.2) is 0 Å². The molecule has 1 aliphatic carbocycles. The first-order valence-electron chi connectivity index (χ1n) is 17.1. The predicted octanol–water partition coefficient (Wildman–Crippen LogP) is 5.61. The summed E-state index contributed by atoms with van der Waals surface area (Å²) in [5.74, 6) is -0.434. The summed E-state index contributed by atoms with van der Waals surface area (Å²) < 4.78 is 33.9. The number of nitrogens with one attached hydrogen (secondary N) is 2. The lowest BCUT2D eigenvalue weighted by Gasteiger charge is -2.31. The van der Waals surface area contributed by atoms with Gasteiger partial charge in [0.25, 0.3) is 5.69 Å². The van der Waals surface area contributed by atoms with Crippen molar-refractivity contribution in [3.05, 3.63) is 106 Å². The molecule has 0 heterocycles. The van der Waals surface area contributed by atoms with E-state index in [0.29, 0.717) is 25.7 Å². The molecule has 1 unspecified atom stereocenters. The van der Waals surface area contributed by atoms with E-state index in [-0.39, 0.29) is 40.9 Å². The molecule has 270 valence electrons. The molecule has 1 fully saturated rings. The number of alkyl carbamates (subject to hydrolysis) is 1. The van der Waals surface area contributed by atoms with Crippen LogP contribution in [0.1, 0.15) is 69.4 Å². The predicted molar refractivity (Wildman–Crippen MR) is 190 cm³/mol. The van der Waals surface area contributed by atoms with Crippen LogP contribution < -0.4 is 10.6 Å². The van der Waals surface area contributed by atoms with Crippen LogP contribution in [0.15, 0.2) is 89.8 Å². The highest BCUT2D eigenvalue weighted by Gasteiger charge is 2.38. The van der Waals surface area contributed by atoms with Gasteiger partial charge in [-0.3, -0.25) is 14.9 Å². The molecule has 50 heavy (non-hydrogen) atoms. The van der Waals surface area contributed by atoms with Crippen LogP contribution in [0.2, 0.25) is 0 Å². The third-order valence-corrected chi connectivity index (χ3v) is 11.1. The number of hydrogen-bond donors (Lipinski definition) is 3. The van der Waals surface area contributed by atoms with Crippen LogP contribution in [0.5, 0.6) is 0 Å². The van der Waals surface area contributed by atoms with E-state index in [1.165, 1.54) is 23.5 Å². The van der Waals surface area contributed by atoms with Crippen LogP contribution in [0.4, 0.5) is 10.5 Å². The molecule has 3 aromatic rings. The number of non-ortho nitro benzene ring substituents is 1. The molecule has 0 bridgehead atoms. The second-order valence-electron chi connectivity index (χ2n) is 13.2. The van der Waals surface area contributed by atoms with Crippen molar-refractivity contribution in [1.29, 1.82) is 0 Å². The molecular formula is C37H48N4O8S. The van der Waals surface area contributed by atoms with Gasteiger partial charge in [-0.2, -0.15) is 4.31 Å². The van der Waals surface area contributed by atoms with Crippen molar-refractivity contribution >= 4 is 27.7 Å². The van der Waals surface area contributed by atoms with Gasteiger partial charge in [-0.25, -0.2) is 13.2 Å². The van der Waals surface area contributed by atoms with Crippen molar-refractivity contribution in [2.24, 2.45) is 11.8 Å². The van der Waals surface area contributed by atoms with E-state index in [4.69, 9.17) is 4.74 Å². The standard InChI is InChI=1S/C37H48N4O8S/c1-26(2)23-24-40(50(47,48)32-21-19-30(20-22-32)41(45)46)31(25-42)15-10-16-33(27-17-18-27)38-36(43)35(39-37(44)49-3)34(28-11-6-4-7-12-28)29-13-8-5-9-14-29/h4-9,11-14,19-22,26-27,31,33-35,42H,10,15-18,23-25H2,1-3H3,(H,38,43)(H,39,44)/t31-,33?,35-/m0/s1. The molecule has 2 amide bonds. The van der Waals surface area contributed by atoms with E-state index in [9.17, 15) is 33.2 Å². The molecule has 3 aromatic carbocycles. The molecule has 13 heteroatoms. The van der Waals surface area contributed by atoms with Gasteiger partial charge in [0.2, 0.25) is 15.9 Å². The maximum atomic E-state index is 14.1. The fourth-order valence-corrected chi connectivity index (χ4v) is 7.90. The highest BCUT2D eigenvalue weighted by atomic mass is 32.2. The van der Waals surface area contributed by atoms with Gasteiger partial charge in [-0.05, 0) is 73.6 Å². The zero-order valence-corrected chi connectivity index (χ0v) is 29.6. The highest BCUT2D eigenvalue weighted by molar-refractivity contribution is 7.89. The second-order valence-corrected chi connectivity index (χ2v) is 15.1. The van der Waals surface area contributed by atoms with Crippen molar-refractivity contribution in [1.82, 2.24) is 14.9 Å². The molecule has 3 N–H and O–H groups in total. The molecule has 0 radical (unpaired) electrons. The number of methoxy groups -OCH3 is 1. The Morgan fingerprint density at radius 2 is 1.50 bits per heavy atom. The molecule has 12 nitrogen and oxygen atoms in total. The van der Waals surface area contributed by atoms with Gasteiger partial charge >= 0.3 is 6.09 Å². The van der Waals surface area contributed by atoms with Gasteiger partial charge in [0.1, 0.15) is 6.04 Å². The molecule has 0 saturated heterocycles. The summed E-state index contributed by atoms with van der Waals surface area (Å²) in [4.78, 5) is 37.2. The normalized spacial score (nSPS) is 15.0. The van der Waals surface area contributed by atoms with Crippen LogP contribution in [0, 0.1) is 22.0 Å². The number of ether oxygens (including phenoxy) is 1. The molecule has 1 saturated carbocycles.